The predicted molar refractivity (Wildman–Crippen MR) is 224 cm³/mol. The van der Waals surface area contributed by atoms with Gasteiger partial charge in [-0.05, 0) is 74.3 Å². The number of unbranched alkanes of at least 4 members (excludes halogenated alkanes) is 20. The summed E-state index contributed by atoms with van der Waals surface area (Å²) in [5, 5.41) is 20.7. The first kappa shape index (κ1) is 51.6. The zero-order valence-electron chi connectivity index (χ0n) is 34.5. The fourth-order valence-corrected chi connectivity index (χ4v) is 7.48. The molecule has 296 valence electrons. The van der Waals surface area contributed by atoms with E-state index in [4.69, 9.17) is 0 Å². The average molecular weight is 759 g/mol. The Morgan fingerprint density at radius 3 is 0.906 bits per heavy atom. The summed E-state index contributed by atoms with van der Waals surface area (Å²) < 4.78 is 0. The van der Waals surface area contributed by atoms with Crippen LogP contribution in [0.4, 0.5) is 0 Å². The van der Waals surface area contributed by atoms with Gasteiger partial charge < -0.3 is 19.8 Å². The number of rotatable bonds is 34. The van der Waals surface area contributed by atoms with Crippen molar-refractivity contribution in [1.82, 2.24) is 0 Å². The number of hydrogen-bond donors (Lipinski definition) is 0. The first-order valence-corrected chi connectivity index (χ1v) is 22.0. The minimum atomic E-state index is -0.910. The Labute approximate surface area is 357 Å². The Morgan fingerprint density at radius 1 is 0.396 bits per heavy atom. The van der Waals surface area contributed by atoms with Gasteiger partial charge in [0.05, 0.1) is 0 Å². The molecule has 0 saturated heterocycles. The summed E-state index contributed by atoms with van der Waals surface area (Å²) >= 11 is 0. The van der Waals surface area contributed by atoms with Crippen LogP contribution in [0, 0.1) is 0 Å². The van der Waals surface area contributed by atoms with Crippen molar-refractivity contribution in [1.29, 1.82) is 0 Å². The summed E-state index contributed by atoms with van der Waals surface area (Å²) in [5.74, 6) is -0.351. The summed E-state index contributed by atoms with van der Waals surface area (Å²) in [4.78, 5) is 20.7. The number of carbonyl (C=O) groups is 2. The Hall–Kier alpha value is -1.36. The predicted octanol–water partition coefficient (Wildman–Crippen LogP) is 12.4. The van der Waals surface area contributed by atoms with Gasteiger partial charge in [-0.2, -0.15) is 0 Å². The van der Waals surface area contributed by atoms with Gasteiger partial charge in [-0.1, -0.05) is 216 Å². The molecular formula is C48H78CaO4. The Balaban J connectivity index is 0.00000100. The molecule has 5 heteroatoms. The second-order valence-electron chi connectivity index (χ2n) is 15.4. The van der Waals surface area contributed by atoms with Crippen molar-refractivity contribution in [3.05, 3.63) is 71.8 Å². The second kappa shape index (κ2) is 38.9. The van der Waals surface area contributed by atoms with E-state index in [0.29, 0.717) is 0 Å². The van der Waals surface area contributed by atoms with Crippen molar-refractivity contribution < 1.29 is 19.8 Å². The molecule has 0 heterocycles. The molecule has 0 aromatic heterocycles. The Kier molecular flexibility index (Phi) is 37.9. The van der Waals surface area contributed by atoms with Crippen LogP contribution >= 0.6 is 0 Å². The fraction of sp³-hybridized carbons (Fsp3) is 0.708. The van der Waals surface area contributed by atoms with Crippen LogP contribution in [-0.2, 0) is 9.59 Å². The molecule has 0 radical (unpaired) electrons. The third-order valence-corrected chi connectivity index (χ3v) is 10.7. The molecule has 0 aliphatic rings. The molecule has 0 bridgehead atoms. The molecule has 2 atom stereocenters. The summed E-state index contributed by atoms with van der Waals surface area (Å²) in [5.41, 5.74) is 3.05. The van der Waals surface area contributed by atoms with Gasteiger partial charge in [0.15, 0.2) is 0 Å². The van der Waals surface area contributed by atoms with Crippen LogP contribution < -0.4 is 10.2 Å². The maximum atomic E-state index is 10.4. The Morgan fingerprint density at radius 2 is 0.642 bits per heavy atom. The van der Waals surface area contributed by atoms with Crippen molar-refractivity contribution in [3.63, 3.8) is 0 Å². The van der Waals surface area contributed by atoms with E-state index in [2.05, 4.69) is 74.5 Å². The summed E-state index contributed by atoms with van der Waals surface area (Å²) in [6, 6.07) is 22.1. The molecular weight excluding hydrogens is 681 g/mol. The van der Waals surface area contributed by atoms with Crippen LogP contribution in [-0.4, -0.2) is 49.7 Å². The molecule has 4 nitrogen and oxygen atoms in total. The van der Waals surface area contributed by atoms with Crippen molar-refractivity contribution >= 4 is 49.7 Å². The van der Waals surface area contributed by atoms with Gasteiger partial charge >= 0.3 is 37.7 Å². The van der Waals surface area contributed by atoms with Gasteiger partial charge in [0.1, 0.15) is 0 Å². The van der Waals surface area contributed by atoms with Crippen molar-refractivity contribution in [2.45, 2.75) is 218 Å². The van der Waals surface area contributed by atoms with Gasteiger partial charge in [-0.25, -0.2) is 0 Å². The van der Waals surface area contributed by atoms with E-state index in [9.17, 15) is 19.8 Å². The summed E-state index contributed by atoms with van der Waals surface area (Å²) in [6.45, 7) is 4.55. The van der Waals surface area contributed by atoms with Crippen LogP contribution in [0.2, 0.25) is 0 Å². The largest absolute Gasteiger partial charge is 2.00 e. The van der Waals surface area contributed by atoms with Gasteiger partial charge in [0.25, 0.3) is 0 Å². The molecule has 2 aromatic carbocycles. The van der Waals surface area contributed by atoms with E-state index in [-0.39, 0.29) is 50.6 Å². The number of carboxylic acid groups (broad SMARTS) is 2. The molecule has 2 unspecified atom stereocenters. The topological polar surface area (TPSA) is 80.3 Å². The number of carbonyl (C=O) groups excluding carboxylic acids is 2. The molecule has 0 spiro atoms. The normalized spacial score (nSPS) is 12.0. The molecule has 2 rings (SSSR count). The van der Waals surface area contributed by atoms with E-state index >= 15 is 0 Å². The molecule has 0 fully saturated rings. The summed E-state index contributed by atoms with van der Waals surface area (Å²) in [7, 11) is 0. The van der Waals surface area contributed by atoms with E-state index in [1.54, 1.807) is 0 Å². The van der Waals surface area contributed by atoms with Crippen LogP contribution in [0.25, 0.3) is 0 Å². The first-order valence-electron chi connectivity index (χ1n) is 22.0. The fourth-order valence-electron chi connectivity index (χ4n) is 7.48. The molecule has 0 aliphatic heterocycles. The standard InChI is InChI=1S/2C24H40O2.Ca/c2*1-2-3-4-12-17-22(23-19-14-11-15-20-23)18-13-9-7-5-6-8-10-16-21-24(25)26;/h2*11,14-15,19-20,22H,2-10,12-13,16-18,21H2,1H3,(H,25,26);/q;;+2/p-2. The second-order valence-corrected chi connectivity index (χ2v) is 15.4. The molecule has 0 saturated carbocycles. The van der Waals surface area contributed by atoms with Crippen LogP contribution in [0.5, 0.6) is 0 Å². The van der Waals surface area contributed by atoms with E-state index in [0.717, 1.165) is 50.4 Å². The van der Waals surface area contributed by atoms with Crippen molar-refractivity contribution in [2.75, 3.05) is 0 Å². The molecule has 2 aromatic rings. The SMILES string of the molecule is CCCCCCC(CCCCCCCCCCC(=O)[O-])c1ccccc1.CCCCCCC(CCCCCCCCCCC(=O)[O-])c1ccccc1.[Ca+2]. The third-order valence-electron chi connectivity index (χ3n) is 10.7. The number of aliphatic carboxylic acids is 2. The number of hydrogen-bond acceptors (Lipinski definition) is 4. The first-order chi connectivity index (χ1) is 25.5. The van der Waals surface area contributed by atoms with Gasteiger partial charge in [-0.15, -0.1) is 0 Å². The minimum Gasteiger partial charge on any atom is -0.550 e. The summed E-state index contributed by atoms with van der Waals surface area (Å²) in [6.07, 6.45) is 35.5. The molecule has 0 aliphatic carbocycles. The van der Waals surface area contributed by atoms with E-state index in [1.807, 2.05) is 0 Å². The molecule has 0 amide bonds. The smallest absolute Gasteiger partial charge is 0.550 e. The van der Waals surface area contributed by atoms with E-state index < -0.39 is 11.9 Å². The zero-order chi connectivity index (χ0) is 37.7. The zero-order valence-corrected chi connectivity index (χ0v) is 36.7. The molecule has 53 heavy (non-hydrogen) atoms. The minimum absolute atomic E-state index is 0. The third kappa shape index (κ3) is 32.6. The average Bonchev–Trinajstić information content (AvgIpc) is 3.15. The van der Waals surface area contributed by atoms with Crippen LogP contribution in [0.15, 0.2) is 60.7 Å². The van der Waals surface area contributed by atoms with Crippen LogP contribution in [0.3, 0.4) is 0 Å². The van der Waals surface area contributed by atoms with Crippen LogP contribution in [0.1, 0.15) is 229 Å². The van der Waals surface area contributed by atoms with Gasteiger partial charge in [0.2, 0.25) is 0 Å². The number of carboxylic acids is 2. The Bertz CT molecular complexity index is 974. The van der Waals surface area contributed by atoms with Gasteiger partial charge in [0, 0.05) is 11.9 Å². The monoisotopic (exact) mass is 759 g/mol. The van der Waals surface area contributed by atoms with E-state index in [1.165, 1.54) is 152 Å². The molecule has 0 N–H and O–H groups in total. The van der Waals surface area contributed by atoms with Crippen molar-refractivity contribution in [2.24, 2.45) is 0 Å². The maximum absolute atomic E-state index is 10.4. The van der Waals surface area contributed by atoms with Crippen molar-refractivity contribution in [3.8, 4) is 0 Å². The quantitative estimate of drug-likeness (QED) is 0.0526. The maximum Gasteiger partial charge on any atom is 2.00 e. The van der Waals surface area contributed by atoms with Gasteiger partial charge in [-0.3, -0.25) is 0 Å². The number of benzene rings is 2.